The summed E-state index contributed by atoms with van der Waals surface area (Å²) in [4.78, 5) is 11.1. The molecule has 0 radical (unpaired) electrons. The Morgan fingerprint density at radius 1 is 1.58 bits per heavy atom. The minimum absolute atomic E-state index is 0.0547. The fraction of sp³-hybridized carbons (Fsp3) is 0.667. The normalized spacial score (nSPS) is 34.8. The molecule has 0 amide bonds. The Balaban J connectivity index is 2.60. The topological polar surface area (TPSA) is 26.3 Å². The van der Waals surface area contributed by atoms with Crippen molar-refractivity contribution in [2.24, 2.45) is 11.8 Å². The van der Waals surface area contributed by atoms with Crippen molar-refractivity contribution in [1.82, 2.24) is 0 Å². The summed E-state index contributed by atoms with van der Waals surface area (Å²) in [6.45, 7) is 2.04. The van der Waals surface area contributed by atoms with E-state index >= 15 is 0 Å². The van der Waals surface area contributed by atoms with Gasteiger partial charge in [-0.25, -0.2) is 0 Å². The summed E-state index contributed by atoms with van der Waals surface area (Å²) >= 11 is 6.00. The molecule has 12 heavy (non-hydrogen) atoms. The number of esters is 1. The predicted octanol–water partition coefficient (Wildman–Crippen LogP) is 1.98. The molecule has 0 aromatic carbocycles. The van der Waals surface area contributed by atoms with Gasteiger partial charge in [-0.15, -0.1) is 11.6 Å². The quantitative estimate of drug-likeness (QED) is 0.357. The zero-order valence-corrected chi connectivity index (χ0v) is 8.04. The molecule has 1 aliphatic carbocycles. The number of halogens is 1. The molecular weight excluding hydrogens is 176 g/mol. The van der Waals surface area contributed by atoms with Crippen molar-refractivity contribution in [2.45, 2.75) is 18.7 Å². The van der Waals surface area contributed by atoms with Gasteiger partial charge in [0, 0.05) is 5.38 Å². The van der Waals surface area contributed by atoms with Crippen molar-refractivity contribution >= 4 is 17.6 Å². The Kier molecular flexibility index (Phi) is 3.15. The van der Waals surface area contributed by atoms with Crippen LogP contribution in [0.25, 0.3) is 0 Å². The third-order valence-electron chi connectivity index (χ3n) is 2.20. The summed E-state index contributed by atoms with van der Waals surface area (Å²) in [6.07, 6.45) is 4.55. The number of hydrogen-bond acceptors (Lipinski definition) is 2. The maximum atomic E-state index is 11.1. The van der Waals surface area contributed by atoms with E-state index in [0.29, 0.717) is 12.3 Å². The first-order chi connectivity index (χ1) is 5.65. The van der Waals surface area contributed by atoms with E-state index in [2.05, 4.69) is 4.74 Å². The Morgan fingerprint density at radius 3 is 2.75 bits per heavy atom. The fourth-order valence-electron chi connectivity index (χ4n) is 1.29. The summed E-state index contributed by atoms with van der Waals surface area (Å²) in [6, 6.07) is 0. The molecule has 3 unspecified atom stereocenters. The van der Waals surface area contributed by atoms with Crippen molar-refractivity contribution < 1.29 is 9.53 Å². The number of alkyl halides is 1. The molecule has 0 N–H and O–H groups in total. The van der Waals surface area contributed by atoms with Gasteiger partial charge in [-0.1, -0.05) is 19.1 Å². The average molecular weight is 189 g/mol. The van der Waals surface area contributed by atoms with E-state index in [1.807, 2.05) is 19.1 Å². The van der Waals surface area contributed by atoms with Crippen LogP contribution < -0.4 is 0 Å². The van der Waals surface area contributed by atoms with Gasteiger partial charge in [0.2, 0.25) is 0 Å². The van der Waals surface area contributed by atoms with E-state index in [4.69, 9.17) is 11.6 Å². The molecule has 0 aromatic heterocycles. The molecule has 0 aromatic rings. The van der Waals surface area contributed by atoms with E-state index in [-0.39, 0.29) is 17.3 Å². The number of rotatable bonds is 1. The zero-order chi connectivity index (χ0) is 9.14. The summed E-state index contributed by atoms with van der Waals surface area (Å²) < 4.78 is 4.62. The summed E-state index contributed by atoms with van der Waals surface area (Å²) in [5.74, 6) is 0.0186. The van der Waals surface area contributed by atoms with Crippen LogP contribution in [0.1, 0.15) is 13.3 Å². The van der Waals surface area contributed by atoms with Crippen LogP contribution in [-0.4, -0.2) is 18.5 Å². The second kappa shape index (κ2) is 3.94. The van der Waals surface area contributed by atoms with Gasteiger partial charge in [0.05, 0.1) is 13.0 Å². The minimum atomic E-state index is -0.191. The molecule has 68 valence electrons. The van der Waals surface area contributed by atoms with Crippen LogP contribution in [0.4, 0.5) is 0 Å². The number of hydrogen-bond donors (Lipinski definition) is 0. The lowest BCUT2D eigenvalue weighted by atomic mass is 9.89. The molecule has 3 atom stereocenters. The monoisotopic (exact) mass is 188 g/mol. The molecular formula is C9H13ClO2. The Bertz CT molecular complexity index is 201. The number of ether oxygens (including phenoxy) is 1. The van der Waals surface area contributed by atoms with Gasteiger partial charge in [0.25, 0.3) is 0 Å². The lowest BCUT2D eigenvalue weighted by molar-refractivity contribution is -0.144. The van der Waals surface area contributed by atoms with Crippen molar-refractivity contribution in [2.75, 3.05) is 7.11 Å². The molecule has 2 nitrogen and oxygen atoms in total. The smallest absolute Gasteiger partial charge is 0.312 e. The van der Waals surface area contributed by atoms with Gasteiger partial charge < -0.3 is 4.74 Å². The van der Waals surface area contributed by atoms with Gasteiger partial charge in [0.1, 0.15) is 0 Å². The lowest BCUT2D eigenvalue weighted by Gasteiger charge is -2.23. The third-order valence-corrected chi connectivity index (χ3v) is 2.78. The average Bonchev–Trinajstić information content (AvgIpc) is 2.08. The van der Waals surface area contributed by atoms with Gasteiger partial charge in [0.15, 0.2) is 0 Å². The van der Waals surface area contributed by atoms with Crippen molar-refractivity contribution in [1.29, 1.82) is 0 Å². The SMILES string of the molecule is COC(=O)C1C=CC(C)C(Cl)C1. The van der Waals surface area contributed by atoms with E-state index < -0.39 is 0 Å². The van der Waals surface area contributed by atoms with Crippen LogP contribution in [0.15, 0.2) is 12.2 Å². The highest BCUT2D eigenvalue weighted by molar-refractivity contribution is 6.21. The van der Waals surface area contributed by atoms with Crippen LogP contribution in [0.5, 0.6) is 0 Å². The molecule has 0 aliphatic heterocycles. The molecule has 0 heterocycles. The predicted molar refractivity (Wildman–Crippen MR) is 48.1 cm³/mol. The van der Waals surface area contributed by atoms with Crippen molar-refractivity contribution in [3.8, 4) is 0 Å². The number of carbonyl (C=O) groups is 1. The fourth-order valence-corrected chi connectivity index (χ4v) is 1.57. The first kappa shape index (κ1) is 9.59. The van der Waals surface area contributed by atoms with Gasteiger partial charge in [-0.05, 0) is 12.3 Å². The summed E-state index contributed by atoms with van der Waals surface area (Å²) in [5, 5.41) is 0.0547. The second-order valence-electron chi connectivity index (χ2n) is 3.13. The number of methoxy groups -OCH3 is 1. The molecule has 3 heteroatoms. The molecule has 0 bridgehead atoms. The Hall–Kier alpha value is -0.500. The first-order valence-electron chi connectivity index (χ1n) is 4.05. The van der Waals surface area contributed by atoms with Crippen LogP contribution >= 0.6 is 11.6 Å². The molecule has 0 spiro atoms. The minimum Gasteiger partial charge on any atom is -0.469 e. The maximum absolute atomic E-state index is 11.1. The van der Waals surface area contributed by atoms with Gasteiger partial charge in [-0.2, -0.15) is 0 Å². The third kappa shape index (κ3) is 2.01. The Morgan fingerprint density at radius 2 is 2.25 bits per heavy atom. The van der Waals surface area contributed by atoms with Gasteiger partial charge >= 0.3 is 5.97 Å². The van der Waals surface area contributed by atoms with Crippen LogP contribution in [0.2, 0.25) is 0 Å². The molecule has 1 aliphatic rings. The molecule has 1 rings (SSSR count). The van der Waals surface area contributed by atoms with Crippen molar-refractivity contribution in [3.05, 3.63) is 12.2 Å². The number of carbonyl (C=O) groups excluding carboxylic acids is 1. The van der Waals surface area contributed by atoms with Crippen molar-refractivity contribution in [3.63, 3.8) is 0 Å². The Labute approximate surface area is 77.5 Å². The van der Waals surface area contributed by atoms with Crippen LogP contribution in [0, 0.1) is 11.8 Å². The highest BCUT2D eigenvalue weighted by atomic mass is 35.5. The van der Waals surface area contributed by atoms with E-state index in [0.717, 1.165) is 0 Å². The first-order valence-corrected chi connectivity index (χ1v) is 4.49. The summed E-state index contributed by atoms with van der Waals surface area (Å²) in [7, 11) is 1.40. The van der Waals surface area contributed by atoms with Crippen LogP contribution in [-0.2, 0) is 9.53 Å². The largest absolute Gasteiger partial charge is 0.469 e. The standard InChI is InChI=1S/C9H13ClO2/c1-6-3-4-7(5-8(6)10)9(11)12-2/h3-4,6-8H,5H2,1-2H3. The maximum Gasteiger partial charge on any atom is 0.312 e. The highest BCUT2D eigenvalue weighted by Gasteiger charge is 2.26. The number of allylic oxidation sites excluding steroid dienone is 1. The molecule has 0 saturated heterocycles. The van der Waals surface area contributed by atoms with E-state index in [1.165, 1.54) is 7.11 Å². The zero-order valence-electron chi connectivity index (χ0n) is 7.29. The van der Waals surface area contributed by atoms with Gasteiger partial charge in [-0.3, -0.25) is 4.79 Å². The molecule has 0 saturated carbocycles. The van der Waals surface area contributed by atoms with E-state index in [1.54, 1.807) is 0 Å². The van der Waals surface area contributed by atoms with E-state index in [9.17, 15) is 4.79 Å². The molecule has 0 fully saturated rings. The lowest BCUT2D eigenvalue weighted by Crippen LogP contribution is -2.25. The van der Waals surface area contributed by atoms with Crippen LogP contribution in [0.3, 0.4) is 0 Å². The summed E-state index contributed by atoms with van der Waals surface area (Å²) in [5.41, 5.74) is 0. The second-order valence-corrected chi connectivity index (χ2v) is 3.69. The highest BCUT2D eigenvalue weighted by Crippen LogP contribution is 2.27.